The van der Waals surface area contributed by atoms with Crippen molar-refractivity contribution in [3.63, 3.8) is 0 Å². The first-order chi connectivity index (χ1) is 18.5. The molecule has 0 aromatic heterocycles. The van der Waals surface area contributed by atoms with E-state index < -0.39 is 41.0 Å². The molecule has 38 heavy (non-hydrogen) atoms. The normalized spacial score (nSPS) is 23.5. The molecule has 3 aromatic rings. The van der Waals surface area contributed by atoms with Crippen molar-refractivity contribution in [3.05, 3.63) is 77.4 Å². The first-order valence-corrected chi connectivity index (χ1v) is 11.9. The van der Waals surface area contributed by atoms with Crippen LogP contribution < -0.4 is 24.3 Å². The molecule has 4 aliphatic rings. The number of hydrogen-bond donors (Lipinski definition) is 1. The fourth-order valence-corrected chi connectivity index (χ4v) is 5.65. The van der Waals surface area contributed by atoms with Crippen LogP contribution in [0.3, 0.4) is 0 Å². The smallest absolute Gasteiger partial charge is 0.232 e. The molecule has 3 heterocycles. The van der Waals surface area contributed by atoms with Gasteiger partial charge >= 0.3 is 0 Å². The van der Waals surface area contributed by atoms with Crippen LogP contribution in [0.1, 0.15) is 32.4 Å². The molecule has 1 saturated heterocycles. The number of benzene rings is 3. The standard InChI is InChI=1S/C28H19NO9/c30-11-18-23(27(33)29-15-6-8-20-22(10-15)37-13-35-20)28(25(31)16-3-1-2-4-17(16)26(28)32)38-24(18)14-5-7-19-21(9-14)36-12-34-19/h1-11,18,23-24H,12-13H2,(H,29,33). The Morgan fingerprint density at radius 2 is 1.42 bits per heavy atom. The Morgan fingerprint density at radius 3 is 2.08 bits per heavy atom. The summed E-state index contributed by atoms with van der Waals surface area (Å²) in [6.07, 6.45) is -0.506. The average Bonchev–Trinajstić information content (AvgIpc) is 3.71. The van der Waals surface area contributed by atoms with E-state index in [1.54, 1.807) is 48.5 Å². The van der Waals surface area contributed by atoms with E-state index >= 15 is 0 Å². The van der Waals surface area contributed by atoms with Gasteiger partial charge in [0.15, 0.2) is 23.0 Å². The molecule has 1 fully saturated rings. The van der Waals surface area contributed by atoms with Gasteiger partial charge in [-0.2, -0.15) is 0 Å². The van der Waals surface area contributed by atoms with Crippen molar-refractivity contribution < 1.29 is 42.9 Å². The molecule has 190 valence electrons. The summed E-state index contributed by atoms with van der Waals surface area (Å²) in [5, 5.41) is 2.75. The van der Waals surface area contributed by atoms with Gasteiger partial charge in [0, 0.05) is 22.9 Å². The summed E-state index contributed by atoms with van der Waals surface area (Å²) in [6, 6.07) is 16.1. The van der Waals surface area contributed by atoms with Gasteiger partial charge < -0.3 is 33.8 Å². The fraction of sp³-hybridized carbons (Fsp3) is 0.214. The molecule has 0 bridgehead atoms. The molecule has 3 unspecified atom stereocenters. The molecule has 1 N–H and O–H groups in total. The van der Waals surface area contributed by atoms with Crippen LogP contribution in [0.4, 0.5) is 5.69 Å². The van der Waals surface area contributed by atoms with Gasteiger partial charge in [-0.25, -0.2) is 0 Å². The summed E-state index contributed by atoms with van der Waals surface area (Å²) in [4.78, 5) is 54.2. The van der Waals surface area contributed by atoms with Gasteiger partial charge in [-0.3, -0.25) is 14.4 Å². The molecule has 1 aliphatic carbocycles. The number of rotatable bonds is 4. The zero-order valence-electron chi connectivity index (χ0n) is 19.7. The lowest BCUT2D eigenvalue weighted by atomic mass is 9.75. The van der Waals surface area contributed by atoms with Crippen molar-refractivity contribution in [3.8, 4) is 23.0 Å². The SMILES string of the molecule is O=CC1C(c2ccc3c(c2)OCO3)OC2(C(=O)c3ccccc3C2=O)C1C(=O)Nc1ccc2c(c1)OCO2. The van der Waals surface area contributed by atoms with Crippen LogP contribution >= 0.6 is 0 Å². The first-order valence-electron chi connectivity index (χ1n) is 11.9. The molecular formula is C28H19NO9. The van der Waals surface area contributed by atoms with Gasteiger partial charge in [0.25, 0.3) is 0 Å². The number of carbonyl (C=O) groups excluding carboxylic acids is 4. The molecule has 10 nitrogen and oxygen atoms in total. The maximum Gasteiger partial charge on any atom is 0.232 e. The van der Waals surface area contributed by atoms with Gasteiger partial charge in [-0.15, -0.1) is 0 Å². The van der Waals surface area contributed by atoms with Crippen molar-refractivity contribution in [1.29, 1.82) is 0 Å². The number of aldehydes is 1. The Bertz CT molecular complexity index is 1510. The highest BCUT2D eigenvalue weighted by Crippen LogP contribution is 2.54. The van der Waals surface area contributed by atoms with E-state index in [1.165, 1.54) is 12.1 Å². The van der Waals surface area contributed by atoms with Crippen LogP contribution in [0.25, 0.3) is 0 Å². The molecule has 7 rings (SSSR count). The van der Waals surface area contributed by atoms with Crippen LogP contribution in [0.5, 0.6) is 23.0 Å². The minimum atomic E-state index is -2.21. The number of hydrogen-bond acceptors (Lipinski definition) is 9. The number of carbonyl (C=O) groups is 4. The summed E-state index contributed by atoms with van der Waals surface area (Å²) < 4.78 is 27.8. The highest BCUT2D eigenvalue weighted by atomic mass is 16.7. The maximum absolute atomic E-state index is 13.9. The van der Waals surface area contributed by atoms with E-state index in [1.807, 2.05) is 0 Å². The lowest BCUT2D eigenvalue weighted by molar-refractivity contribution is -0.125. The predicted molar refractivity (Wildman–Crippen MR) is 128 cm³/mol. The van der Waals surface area contributed by atoms with Crippen molar-refractivity contribution >= 4 is 29.4 Å². The van der Waals surface area contributed by atoms with Crippen LogP contribution in [-0.4, -0.2) is 42.9 Å². The molecule has 3 aromatic carbocycles. The maximum atomic E-state index is 13.9. The lowest BCUT2D eigenvalue weighted by Crippen LogP contribution is -2.52. The molecule has 10 heteroatoms. The fourth-order valence-electron chi connectivity index (χ4n) is 5.65. The van der Waals surface area contributed by atoms with Gasteiger partial charge in [-0.1, -0.05) is 30.3 Å². The third kappa shape index (κ3) is 3.04. The third-order valence-electron chi connectivity index (χ3n) is 7.38. The van der Waals surface area contributed by atoms with Crippen LogP contribution in [0.2, 0.25) is 0 Å². The molecule has 0 saturated carbocycles. The van der Waals surface area contributed by atoms with E-state index in [0.29, 0.717) is 40.5 Å². The second-order valence-corrected chi connectivity index (χ2v) is 9.34. The number of anilines is 1. The van der Waals surface area contributed by atoms with Crippen LogP contribution in [0.15, 0.2) is 60.7 Å². The van der Waals surface area contributed by atoms with E-state index in [9.17, 15) is 19.2 Å². The summed E-state index contributed by atoms with van der Waals surface area (Å²) in [7, 11) is 0. The Morgan fingerprint density at radius 1 is 0.816 bits per heavy atom. The van der Waals surface area contributed by atoms with Crippen molar-refractivity contribution in [2.75, 3.05) is 18.9 Å². The molecule has 1 spiro atoms. The number of fused-ring (bicyclic) bond motifs is 3. The van der Waals surface area contributed by atoms with E-state index in [0.717, 1.165) is 0 Å². The minimum Gasteiger partial charge on any atom is -0.454 e. The van der Waals surface area contributed by atoms with Gasteiger partial charge in [0.2, 0.25) is 36.7 Å². The second kappa shape index (κ2) is 8.15. The van der Waals surface area contributed by atoms with Crippen LogP contribution in [0, 0.1) is 11.8 Å². The summed E-state index contributed by atoms with van der Waals surface area (Å²) >= 11 is 0. The number of ether oxygens (including phenoxy) is 5. The Balaban J connectivity index is 1.33. The van der Waals surface area contributed by atoms with Crippen LogP contribution in [-0.2, 0) is 14.3 Å². The number of amides is 1. The minimum absolute atomic E-state index is 0.0399. The Hall–Kier alpha value is -4.70. The molecule has 1 amide bonds. The van der Waals surface area contributed by atoms with E-state index in [2.05, 4.69) is 5.32 Å². The summed E-state index contributed by atoms with van der Waals surface area (Å²) in [6.45, 7) is 0.0935. The molecule has 3 atom stereocenters. The third-order valence-corrected chi connectivity index (χ3v) is 7.38. The lowest BCUT2D eigenvalue weighted by Gasteiger charge is -2.27. The highest BCUT2D eigenvalue weighted by Gasteiger charge is 2.69. The summed E-state index contributed by atoms with van der Waals surface area (Å²) in [5.74, 6) is -2.72. The van der Waals surface area contributed by atoms with Crippen molar-refractivity contribution in [1.82, 2.24) is 0 Å². The van der Waals surface area contributed by atoms with E-state index in [-0.39, 0.29) is 24.7 Å². The number of ketones is 2. The topological polar surface area (TPSA) is 126 Å². The monoisotopic (exact) mass is 513 g/mol. The average molecular weight is 513 g/mol. The molecule has 3 aliphatic heterocycles. The number of Topliss-reactive ketones (excluding diaryl/α,β-unsaturated/α-hetero) is 2. The largest absolute Gasteiger partial charge is 0.454 e. The molecule has 0 radical (unpaired) electrons. The zero-order valence-corrected chi connectivity index (χ0v) is 19.7. The second-order valence-electron chi connectivity index (χ2n) is 9.34. The first kappa shape index (κ1) is 22.5. The van der Waals surface area contributed by atoms with Crippen molar-refractivity contribution in [2.24, 2.45) is 11.8 Å². The predicted octanol–water partition coefficient (Wildman–Crippen LogP) is 3.10. The highest BCUT2D eigenvalue weighted by molar-refractivity contribution is 6.34. The zero-order chi connectivity index (χ0) is 26.0. The Kier molecular flexibility index (Phi) is 4.83. The quantitative estimate of drug-likeness (QED) is 0.414. The van der Waals surface area contributed by atoms with Gasteiger partial charge in [0.05, 0.1) is 17.9 Å². The number of nitrogens with one attached hydrogen (secondary N) is 1. The Labute approximate surface area is 215 Å². The summed E-state index contributed by atoms with van der Waals surface area (Å²) in [5.41, 5.74) is -1.10. The van der Waals surface area contributed by atoms with Crippen molar-refractivity contribution in [2.45, 2.75) is 11.7 Å². The van der Waals surface area contributed by atoms with E-state index in [4.69, 9.17) is 23.7 Å². The van der Waals surface area contributed by atoms with Gasteiger partial charge in [0.1, 0.15) is 6.29 Å². The molecular weight excluding hydrogens is 494 g/mol. The van der Waals surface area contributed by atoms with Gasteiger partial charge in [-0.05, 0) is 29.8 Å².